The van der Waals surface area contributed by atoms with E-state index in [-0.39, 0.29) is 5.97 Å². The van der Waals surface area contributed by atoms with Crippen LogP contribution in [0.4, 0.5) is 0 Å². The van der Waals surface area contributed by atoms with Crippen LogP contribution in [0.15, 0.2) is 60.7 Å². The highest BCUT2D eigenvalue weighted by Crippen LogP contribution is 2.36. The first-order valence-corrected chi connectivity index (χ1v) is 10.4. The van der Waals surface area contributed by atoms with Gasteiger partial charge in [0.15, 0.2) is 0 Å². The Morgan fingerprint density at radius 3 is 2.24 bits per heavy atom. The Bertz CT molecular complexity index is 785. The van der Waals surface area contributed by atoms with E-state index in [1.807, 2.05) is 19.1 Å². The summed E-state index contributed by atoms with van der Waals surface area (Å²) in [7, 11) is 1.72. The lowest BCUT2D eigenvalue weighted by Gasteiger charge is -2.27. The number of ether oxygens (including phenoxy) is 3. The Labute approximate surface area is 173 Å². The van der Waals surface area contributed by atoms with Crippen LogP contribution in [-0.4, -0.2) is 26.3 Å². The zero-order valence-electron chi connectivity index (χ0n) is 17.3. The maximum Gasteiger partial charge on any atom is 0.343 e. The van der Waals surface area contributed by atoms with Crippen molar-refractivity contribution in [2.45, 2.75) is 38.5 Å². The average molecular weight is 395 g/mol. The van der Waals surface area contributed by atoms with Gasteiger partial charge in [0.05, 0.1) is 18.8 Å². The first-order chi connectivity index (χ1) is 14.2. The SMILES string of the molecule is CCOc1ccc(OC(=O)c2ccc(C3CCC(/C=C/COC)CC3)cc2)cc1. The molecular weight excluding hydrogens is 364 g/mol. The van der Waals surface area contributed by atoms with E-state index in [1.165, 1.54) is 31.2 Å². The van der Waals surface area contributed by atoms with E-state index in [1.54, 1.807) is 31.4 Å². The van der Waals surface area contributed by atoms with Gasteiger partial charge in [-0.1, -0.05) is 24.3 Å². The van der Waals surface area contributed by atoms with Crippen LogP contribution in [0, 0.1) is 5.92 Å². The molecule has 1 aliphatic carbocycles. The molecule has 1 fully saturated rings. The summed E-state index contributed by atoms with van der Waals surface area (Å²) < 4.78 is 15.9. The fraction of sp³-hybridized carbons (Fsp3) is 0.400. The minimum absolute atomic E-state index is 0.340. The quantitative estimate of drug-likeness (QED) is 0.323. The van der Waals surface area contributed by atoms with E-state index in [4.69, 9.17) is 14.2 Å². The van der Waals surface area contributed by atoms with Crippen LogP contribution < -0.4 is 9.47 Å². The molecule has 4 nitrogen and oxygen atoms in total. The molecule has 0 spiro atoms. The van der Waals surface area contributed by atoms with Gasteiger partial charge in [0.1, 0.15) is 11.5 Å². The van der Waals surface area contributed by atoms with Crippen LogP contribution in [0.3, 0.4) is 0 Å². The fourth-order valence-corrected chi connectivity index (χ4v) is 3.82. The molecule has 0 atom stereocenters. The molecule has 0 heterocycles. The second-order valence-electron chi connectivity index (χ2n) is 7.41. The standard InChI is InChI=1S/C25H30O4/c1-3-28-23-14-16-24(17-15-23)29-25(26)22-12-10-21(11-13-22)20-8-6-19(7-9-20)5-4-18-27-2/h4-5,10-17,19-20H,3,6-9,18H2,1-2H3/b5-4+. The molecular formula is C25H30O4. The summed E-state index contributed by atoms with van der Waals surface area (Å²) >= 11 is 0. The number of esters is 1. The maximum absolute atomic E-state index is 12.4. The van der Waals surface area contributed by atoms with Crippen LogP contribution in [0.5, 0.6) is 11.5 Å². The van der Waals surface area contributed by atoms with E-state index in [9.17, 15) is 4.79 Å². The number of rotatable bonds is 8. The predicted octanol–water partition coefficient (Wildman–Crippen LogP) is 5.78. The predicted molar refractivity (Wildman–Crippen MR) is 115 cm³/mol. The molecule has 0 aromatic heterocycles. The monoisotopic (exact) mass is 394 g/mol. The third-order valence-electron chi connectivity index (χ3n) is 5.41. The molecule has 3 rings (SSSR count). The molecule has 2 aromatic carbocycles. The van der Waals surface area contributed by atoms with E-state index >= 15 is 0 Å². The Balaban J connectivity index is 1.52. The smallest absolute Gasteiger partial charge is 0.343 e. The number of benzene rings is 2. The molecule has 1 aliphatic rings. The molecule has 29 heavy (non-hydrogen) atoms. The van der Waals surface area contributed by atoms with Crippen molar-refractivity contribution < 1.29 is 19.0 Å². The molecule has 154 valence electrons. The van der Waals surface area contributed by atoms with Crippen molar-refractivity contribution >= 4 is 5.97 Å². The second kappa shape index (κ2) is 10.8. The summed E-state index contributed by atoms with van der Waals surface area (Å²) in [6.07, 6.45) is 9.17. The minimum Gasteiger partial charge on any atom is -0.494 e. The van der Waals surface area contributed by atoms with Gasteiger partial charge in [0.2, 0.25) is 0 Å². The lowest BCUT2D eigenvalue weighted by molar-refractivity contribution is 0.0734. The number of hydrogen-bond acceptors (Lipinski definition) is 4. The summed E-state index contributed by atoms with van der Waals surface area (Å²) in [5.74, 6) is 2.17. The molecule has 0 saturated heterocycles. The third-order valence-corrected chi connectivity index (χ3v) is 5.41. The second-order valence-corrected chi connectivity index (χ2v) is 7.41. The van der Waals surface area contributed by atoms with Crippen molar-refractivity contribution in [1.82, 2.24) is 0 Å². The molecule has 2 aromatic rings. The van der Waals surface area contributed by atoms with Gasteiger partial charge < -0.3 is 14.2 Å². The third kappa shape index (κ3) is 6.20. The van der Waals surface area contributed by atoms with Gasteiger partial charge in [-0.2, -0.15) is 0 Å². The topological polar surface area (TPSA) is 44.8 Å². The zero-order valence-corrected chi connectivity index (χ0v) is 17.3. The summed E-state index contributed by atoms with van der Waals surface area (Å²) in [6, 6.07) is 15.0. The van der Waals surface area contributed by atoms with Gasteiger partial charge in [-0.25, -0.2) is 4.79 Å². The molecule has 0 N–H and O–H groups in total. The molecule has 0 bridgehead atoms. The fourth-order valence-electron chi connectivity index (χ4n) is 3.82. The van der Waals surface area contributed by atoms with E-state index < -0.39 is 0 Å². The van der Waals surface area contributed by atoms with E-state index in [0.717, 1.165) is 5.75 Å². The van der Waals surface area contributed by atoms with Crippen LogP contribution in [0.2, 0.25) is 0 Å². The summed E-state index contributed by atoms with van der Waals surface area (Å²) in [5, 5.41) is 0. The molecule has 4 heteroatoms. The number of carbonyl (C=O) groups excluding carboxylic acids is 1. The number of methoxy groups -OCH3 is 1. The zero-order chi connectivity index (χ0) is 20.5. The molecule has 0 amide bonds. The number of allylic oxidation sites excluding steroid dienone is 1. The largest absolute Gasteiger partial charge is 0.494 e. The van der Waals surface area contributed by atoms with Crippen molar-refractivity contribution in [3.05, 3.63) is 71.8 Å². The normalized spacial score (nSPS) is 19.2. The van der Waals surface area contributed by atoms with Crippen molar-refractivity contribution in [2.75, 3.05) is 20.3 Å². The summed E-state index contributed by atoms with van der Waals surface area (Å²) in [5.41, 5.74) is 1.88. The highest BCUT2D eigenvalue weighted by atomic mass is 16.5. The van der Waals surface area contributed by atoms with Gasteiger partial charge in [-0.3, -0.25) is 0 Å². The molecule has 0 radical (unpaired) electrons. The van der Waals surface area contributed by atoms with E-state index in [0.29, 0.717) is 36.4 Å². The van der Waals surface area contributed by atoms with Gasteiger partial charge in [0, 0.05) is 7.11 Å². The number of carbonyl (C=O) groups is 1. The van der Waals surface area contributed by atoms with Crippen molar-refractivity contribution in [1.29, 1.82) is 0 Å². The highest BCUT2D eigenvalue weighted by molar-refractivity contribution is 5.91. The molecule has 1 saturated carbocycles. The van der Waals surface area contributed by atoms with E-state index in [2.05, 4.69) is 24.3 Å². The average Bonchev–Trinajstić information content (AvgIpc) is 2.76. The molecule has 0 unspecified atom stereocenters. The van der Waals surface area contributed by atoms with Gasteiger partial charge in [-0.15, -0.1) is 0 Å². The Morgan fingerprint density at radius 1 is 0.966 bits per heavy atom. The van der Waals surface area contributed by atoms with Gasteiger partial charge in [0.25, 0.3) is 0 Å². The lowest BCUT2D eigenvalue weighted by Crippen LogP contribution is -2.12. The first-order valence-electron chi connectivity index (χ1n) is 10.4. The number of hydrogen-bond donors (Lipinski definition) is 0. The van der Waals surface area contributed by atoms with Crippen LogP contribution >= 0.6 is 0 Å². The van der Waals surface area contributed by atoms with Crippen molar-refractivity contribution in [2.24, 2.45) is 5.92 Å². The summed E-state index contributed by atoms with van der Waals surface area (Å²) in [6.45, 7) is 3.23. The molecule has 0 aliphatic heterocycles. The van der Waals surface area contributed by atoms with Crippen molar-refractivity contribution in [3.8, 4) is 11.5 Å². The maximum atomic E-state index is 12.4. The highest BCUT2D eigenvalue weighted by Gasteiger charge is 2.21. The van der Waals surface area contributed by atoms with Gasteiger partial charge in [-0.05, 0) is 86.4 Å². The Hall–Kier alpha value is -2.59. The lowest BCUT2D eigenvalue weighted by atomic mass is 9.78. The van der Waals surface area contributed by atoms with Crippen LogP contribution in [0.1, 0.15) is 54.4 Å². The van der Waals surface area contributed by atoms with Gasteiger partial charge >= 0.3 is 5.97 Å². The van der Waals surface area contributed by atoms with Crippen LogP contribution in [0.25, 0.3) is 0 Å². The van der Waals surface area contributed by atoms with Crippen molar-refractivity contribution in [3.63, 3.8) is 0 Å². The summed E-state index contributed by atoms with van der Waals surface area (Å²) in [4.78, 5) is 12.4. The first kappa shape index (κ1) is 21.1. The Morgan fingerprint density at radius 2 is 1.62 bits per heavy atom. The Kier molecular flexibility index (Phi) is 7.88. The van der Waals surface area contributed by atoms with Crippen LogP contribution in [-0.2, 0) is 4.74 Å². The minimum atomic E-state index is -0.340.